The van der Waals surface area contributed by atoms with Crippen LogP contribution in [0.5, 0.6) is 11.5 Å². The molecule has 0 spiro atoms. The lowest BCUT2D eigenvalue weighted by molar-refractivity contribution is 0.101. The average Bonchev–Trinajstić information content (AvgIpc) is 3.06. The number of pyridine rings is 1. The molecule has 0 aliphatic carbocycles. The molecule has 4 rings (SSSR count). The van der Waals surface area contributed by atoms with Crippen LogP contribution in [0.2, 0.25) is 5.02 Å². The average molecular weight is 365 g/mol. The summed E-state index contributed by atoms with van der Waals surface area (Å²) in [6.45, 7) is 0. The minimum Gasteiger partial charge on any atom is -0.456 e. The van der Waals surface area contributed by atoms with Crippen LogP contribution in [0, 0.1) is 0 Å². The maximum Gasteiger partial charge on any atom is 0.291 e. The molecule has 0 atom stereocenters. The van der Waals surface area contributed by atoms with Crippen LogP contribution >= 0.6 is 11.6 Å². The fourth-order valence-corrected chi connectivity index (χ4v) is 2.62. The highest BCUT2D eigenvalue weighted by atomic mass is 35.5. The molecule has 0 aliphatic rings. The zero-order chi connectivity index (χ0) is 17.9. The first-order valence-electron chi connectivity index (χ1n) is 7.82. The number of ether oxygens (including phenoxy) is 1. The minimum atomic E-state index is -0.351. The van der Waals surface area contributed by atoms with Crippen molar-refractivity contribution in [3.05, 3.63) is 77.8 Å². The zero-order valence-electron chi connectivity index (χ0n) is 13.4. The van der Waals surface area contributed by atoms with Gasteiger partial charge in [-0.25, -0.2) is 4.98 Å². The number of aromatic nitrogens is 3. The number of amides is 1. The van der Waals surface area contributed by atoms with Gasteiger partial charge in [0.15, 0.2) is 5.82 Å². The molecule has 128 valence electrons. The van der Waals surface area contributed by atoms with E-state index in [9.17, 15) is 4.79 Å². The molecule has 0 unspecified atom stereocenters. The number of carbonyl (C=O) groups is 1. The highest BCUT2D eigenvalue weighted by Gasteiger charge is 2.12. The summed E-state index contributed by atoms with van der Waals surface area (Å²) in [7, 11) is 0. The van der Waals surface area contributed by atoms with Crippen molar-refractivity contribution in [2.24, 2.45) is 0 Å². The standard InChI is InChI=1S/C19H13ClN4O2/c20-12-6-7-16-17(9-12)24-18(23-16)19(25)22-13-3-1-4-14(10-13)26-15-5-2-8-21-11-15/h1-11H,(H,22,25)(H,23,24). The van der Waals surface area contributed by atoms with Gasteiger partial charge < -0.3 is 15.0 Å². The van der Waals surface area contributed by atoms with Gasteiger partial charge in [-0.05, 0) is 42.5 Å². The van der Waals surface area contributed by atoms with Gasteiger partial charge in [-0.2, -0.15) is 0 Å². The van der Waals surface area contributed by atoms with Crippen molar-refractivity contribution in [3.8, 4) is 11.5 Å². The zero-order valence-corrected chi connectivity index (χ0v) is 14.2. The fourth-order valence-electron chi connectivity index (χ4n) is 2.46. The lowest BCUT2D eigenvalue weighted by atomic mass is 10.3. The molecule has 6 nitrogen and oxygen atoms in total. The number of nitrogens with one attached hydrogen (secondary N) is 2. The molecule has 0 saturated heterocycles. The third kappa shape index (κ3) is 3.50. The number of carbonyl (C=O) groups excluding carboxylic acids is 1. The van der Waals surface area contributed by atoms with Crippen LogP contribution in [-0.4, -0.2) is 20.9 Å². The number of aromatic amines is 1. The van der Waals surface area contributed by atoms with Crippen molar-refractivity contribution < 1.29 is 9.53 Å². The maximum atomic E-state index is 12.4. The SMILES string of the molecule is O=C(Nc1cccc(Oc2cccnc2)c1)c1nc2cc(Cl)ccc2[nH]1. The van der Waals surface area contributed by atoms with Crippen LogP contribution in [0.4, 0.5) is 5.69 Å². The van der Waals surface area contributed by atoms with E-state index in [2.05, 4.69) is 20.3 Å². The number of fused-ring (bicyclic) bond motifs is 1. The van der Waals surface area contributed by atoms with Crippen molar-refractivity contribution >= 4 is 34.2 Å². The topological polar surface area (TPSA) is 79.9 Å². The van der Waals surface area contributed by atoms with Gasteiger partial charge in [0.05, 0.1) is 17.2 Å². The van der Waals surface area contributed by atoms with E-state index in [0.717, 1.165) is 5.52 Å². The van der Waals surface area contributed by atoms with E-state index >= 15 is 0 Å². The van der Waals surface area contributed by atoms with Gasteiger partial charge in [0, 0.05) is 23.0 Å². The van der Waals surface area contributed by atoms with Gasteiger partial charge in [0.25, 0.3) is 5.91 Å². The molecule has 0 bridgehead atoms. The van der Waals surface area contributed by atoms with Crippen molar-refractivity contribution in [1.82, 2.24) is 15.0 Å². The Morgan fingerprint density at radius 1 is 1.08 bits per heavy atom. The number of rotatable bonds is 4. The molecule has 2 heterocycles. The second-order valence-corrected chi connectivity index (χ2v) is 5.96. The van der Waals surface area contributed by atoms with E-state index in [1.807, 2.05) is 0 Å². The van der Waals surface area contributed by atoms with Gasteiger partial charge in [-0.15, -0.1) is 0 Å². The molecular formula is C19H13ClN4O2. The summed E-state index contributed by atoms with van der Waals surface area (Å²) in [4.78, 5) is 23.7. The molecular weight excluding hydrogens is 352 g/mol. The van der Waals surface area contributed by atoms with E-state index in [0.29, 0.717) is 27.7 Å². The summed E-state index contributed by atoms with van der Waals surface area (Å²) in [5.41, 5.74) is 1.97. The molecule has 0 radical (unpaired) electrons. The Morgan fingerprint density at radius 3 is 2.81 bits per heavy atom. The van der Waals surface area contributed by atoms with Gasteiger partial charge >= 0.3 is 0 Å². The number of nitrogens with zero attached hydrogens (tertiary/aromatic N) is 2. The first-order valence-corrected chi connectivity index (χ1v) is 8.20. The summed E-state index contributed by atoms with van der Waals surface area (Å²) in [5, 5.41) is 3.36. The van der Waals surface area contributed by atoms with E-state index in [-0.39, 0.29) is 11.7 Å². The van der Waals surface area contributed by atoms with E-state index in [4.69, 9.17) is 16.3 Å². The first-order chi connectivity index (χ1) is 12.7. The fraction of sp³-hybridized carbons (Fsp3) is 0. The highest BCUT2D eigenvalue weighted by molar-refractivity contribution is 6.31. The molecule has 2 aromatic carbocycles. The second kappa shape index (κ2) is 6.85. The van der Waals surface area contributed by atoms with Crippen LogP contribution in [0.1, 0.15) is 10.6 Å². The van der Waals surface area contributed by atoms with E-state index in [1.165, 1.54) is 0 Å². The van der Waals surface area contributed by atoms with E-state index in [1.54, 1.807) is 67.0 Å². The molecule has 2 aromatic heterocycles. The first kappa shape index (κ1) is 16.1. The smallest absolute Gasteiger partial charge is 0.291 e. The van der Waals surface area contributed by atoms with Crippen molar-refractivity contribution in [2.45, 2.75) is 0 Å². The molecule has 0 fully saturated rings. The highest BCUT2D eigenvalue weighted by Crippen LogP contribution is 2.24. The molecule has 26 heavy (non-hydrogen) atoms. The van der Waals surface area contributed by atoms with Crippen LogP contribution in [0.25, 0.3) is 11.0 Å². The van der Waals surface area contributed by atoms with Crippen molar-refractivity contribution in [2.75, 3.05) is 5.32 Å². The van der Waals surface area contributed by atoms with Crippen molar-refractivity contribution in [3.63, 3.8) is 0 Å². The van der Waals surface area contributed by atoms with Crippen molar-refractivity contribution in [1.29, 1.82) is 0 Å². The largest absolute Gasteiger partial charge is 0.456 e. The predicted octanol–water partition coefficient (Wildman–Crippen LogP) is 4.66. The second-order valence-electron chi connectivity index (χ2n) is 5.52. The van der Waals surface area contributed by atoms with Gasteiger partial charge in [-0.3, -0.25) is 9.78 Å². The number of hydrogen-bond acceptors (Lipinski definition) is 4. The Bertz CT molecular complexity index is 1080. The molecule has 0 aliphatic heterocycles. The lowest BCUT2D eigenvalue weighted by Gasteiger charge is -2.08. The van der Waals surface area contributed by atoms with Crippen LogP contribution in [0.15, 0.2) is 67.0 Å². The van der Waals surface area contributed by atoms with Gasteiger partial charge in [0.2, 0.25) is 0 Å². The maximum absolute atomic E-state index is 12.4. The summed E-state index contributed by atoms with van der Waals surface area (Å²) in [6.07, 6.45) is 3.29. The Kier molecular flexibility index (Phi) is 4.25. The van der Waals surface area contributed by atoms with E-state index < -0.39 is 0 Å². The molecule has 4 aromatic rings. The number of halogens is 1. The number of imidazole rings is 1. The number of hydrogen-bond donors (Lipinski definition) is 2. The van der Waals surface area contributed by atoms with Gasteiger partial charge in [-0.1, -0.05) is 17.7 Å². The third-order valence-corrected chi connectivity index (χ3v) is 3.86. The predicted molar refractivity (Wildman–Crippen MR) is 99.8 cm³/mol. The summed E-state index contributed by atoms with van der Waals surface area (Å²) < 4.78 is 5.72. The molecule has 0 saturated carbocycles. The number of anilines is 1. The lowest BCUT2D eigenvalue weighted by Crippen LogP contribution is -2.13. The normalized spacial score (nSPS) is 10.7. The molecule has 7 heteroatoms. The minimum absolute atomic E-state index is 0.209. The van der Waals surface area contributed by atoms with Crippen LogP contribution in [-0.2, 0) is 0 Å². The third-order valence-electron chi connectivity index (χ3n) is 3.62. The summed E-state index contributed by atoms with van der Waals surface area (Å²) >= 11 is 5.95. The van der Waals surface area contributed by atoms with Crippen LogP contribution in [0.3, 0.4) is 0 Å². The van der Waals surface area contributed by atoms with Crippen LogP contribution < -0.4 is 10.1 Å². The number of benzene rings is 2. The summed E-state index contributed by atoms with van der Waals surface area (Å²) in [6, 6.07) is 15.9. The molecule has 2 N–H and O–H groups in total. The van der Waals surface area contributed by atoms with Gasteiger partial charge in [0.1, 0.15) is 11.5 Å². The Labute approximate surface area is 153 Å². The molecule has 1 amide bonds. The quantitative estimate of drug-likeness (QED) is 0.552. The number of H-pyrrole nitrogens is 1. The Balaban J connectivity index is 1.52. The Morgan fingerprint density at radius 2 is 1.96 bits per heavy atom. The monoisotopic (exact) mass is 364 g/mol. The summed E-state index contributed by atoms with van der Waals surface area (Å²) in [5.74, 6) is 1.06. The Hall–Kier alpha value is -3.38.